The van der Waals surface area contributed by atoms with Crippen molar-refractivity contribution in [2.75, 3.05) is 13.7 Å². The third-order valence-corrected chi connectivity index (χ3v) is 3.71. The highest BCUT2D eigenvalue weighted by atomic mass is 35.5. The van der Waals surface area contributed by atoms with Crippen molar-refractivity contribution < 1.29 is 19.0 Å². The van der Waals surface area contributed by atoms with Crippen LogP contribution in [-0.4, -0.2) is 29.7 Å². The molecule has 1 aromatic heterocycles. The maximum absolute atomic E-state index is 11.3. The molecule has 6 nitrogen and oxygen atoms in total. The Labute approximate surface area is 152 Å². The fourth-order valence-corrected chi connectivity index (χ4v) is 2.52. The third kappa shape index (κ3) is 4.60. The second-order valence-corrected chi connectivity index (χ2v) is 5.64. The quantitative estimate of drug-likeness (QED) is 0.544. The van der Waals surface area contributed by atoms with Gasteiger partial charge in [-0.1, -0.05) is 25.4 Å². The average Bonchev–Trinajstić information content (AvgIpc) is 2.58. The predicted molar refractivity (Wildman–Crippen MR) is 95.5 cm³/mol. The summed E-state index contributed by atoms with van der Waals surface area (Å²) in [7, 11) is 1.58. The molecular weight excluding hydrogens is 344 g/mol. The van der Waals surface area contributed by atoms with E-state index in [0.29, 0.717) is 41.5 Å². The van der Waals surface area contributed by atoms with Gasteiger partial charge in [0, 0.05) is 12.5 Å². The maximum atomic E-state index is 11.3. The Morgan fingerprint density at radius 1 is 1.20 bits per heavy atom. The molecule has 1 aromatic carbocycles. The van der Waals surface area contributed by atoms with Gasteiger partial charge in [-0.25, -0.2) is 4.98 Å². The summed E-state index contributed by atoms with van der Waals surface area (Å²) in [6.07, 6.45) is 1.42. The minimum atomic E-state index is -0.461. The molecule has 1 heterocycles. The maximum Gasteiger partial charge on any atom is 0.309 e. The van der Waals surface area contributed by atoms with E-state index >= 15 is 0 Å². The van der Waals surface area contributed by atoms with E-state index in [1.807, 2.05) is 13.8 Å². The predicted octanol–water partition coefficient (Wildman–Crippen LogP) is 4.08. The van der Waals surface area contributed by atoms with Gasteiger partial charge in [-0.05, 0) is 31.0 Å². The zero-order valence-electron chi connectivity index (χ0n) is 14.8. The lowest BCUT2D eigenvalue weighted by Crippen LogP contribution is -2.08. The summed E-state index contributed by atoms with van der Waals surface area (Å²) in [5.41, 5.74) is 1.28. The minimum absolute atomic E-state index is 0.178. The van der Waals surface area contributed by atoms with Crippen molar-refractivity contribution in [3.63, 3.8) is 0 Å². The highest BCUT2D eigenvalue weighted by Gasteiger charge is 2.17. The van der Waals surface area contributed by atoms with Crippen LogP contribution in [-0.2, 0) is 11.2 Å². The van der Waals surface area contributed by atoms with Crippen LogP contribution in [0.25, 0.3) is 11.4 Å². The summed E-state index contributed by atoms with van der Waals surface area (Å²) in [5, 5.41) is 0.260. The largest absolute Gasteiger partial charge is 0.493 e. The third-order valence-electron chi connectivity index (χ3n) is 3.40. The van der Waals surface area contributed by atoms with Gasteiger partial charge >= 0.3 is 5.97 Å². The number of carbonyl (C=O) groups excluding carboxylic acids is 1. The van der Waals surface area contributed by atoms with E-state index in [1.165, 1.54) is 6.92 Å². The fraction of sp³-hybridized carbons (Fsp3) is 0.389. The van der Waals surface area contributed by atoms with Gasteiger partial charge in [-0.15, -0.1) is 0 Å². The van der Waals surface area contributed by atoms with Gasteiger partial charge in [0.2, 0.25) is 5.88 Å². The van der Waals surface area contributed by atoms with Gasteiger partial charge in [0.1, 0.15) is 5.15 Å². The standard InChI is InChI=1S/C18H21ClN2O4/c1-5-9-24-15-10-12(7-8-14(15)23-4)17-20-16(19)13(6-2)18(21-17)25-11(3)22/h7-8,10H,5-6,9H2,1-4H3. The van der Waals surface area contributed by atoms with E-state index in [4.69, 9.17) is 25.8 Å². The fourth-order valence-electron chi connectivity index (χ4n) is 2.22. The summed E-state index contributed by atoms with van der Waals surface area (Å²) < 4.78 is 16.2. The van der Waals surface area contributed by atoms with E-state index in [-0.39, 0.29) is 11.0 Å². The SMILES string of the molecule is CCCOc1cc(-c2nc(Cl)c(CC)c(OC(C)=O)n2)ccc1OC. The van der Waals surface area contributed by atoms with Gasteiger partial charge in [0.25, 0.3) is 0 Å². The molecule has 0 N–H and O–H groups in total. The van der Waals surface area contributed by atoms with Gasteiger partial charge < -0.3 is 14.2 Å². The second-order valence-electron chi connectivity index (χ2n) is 5.28. The van der Waals surface area contributed by atoms with E-state index < -0.39 is 5.97 Å². The summed E-state index contributed by atoms with van der Waals surface area (Å²) in [5.74, 6) is 1.28. The van der Waals surface area contributed by atoms with Crippen LogP contribution in [0.2, 0.25) is 5.15 Å². The molecule has 0 radical (unpaired) electrons. The van der Waals surface area contributed by atoms with Crippen LogP contribution in [0.15, 0.2) is 18.2 Å². The van der Waals surface area contributed by atoms with E-state index in [0.717, 1.165) is 6.42 Å². The molecule has 0 saturated heterocycles. The molecule has 7 heteroatoms. The molecule has 134 valence electrons. The zero-order valence-corrected chi connectivity index (χ0v) is 15.5. The van der Waals surface area contributed by atoms with Gasteiger partial charge in [-0.3, -0.25) is 4.79 Å². The first kappa shape index (κ1) is 19.0. The molecule has 0 fully saturated rings. The molecule has 25 heavy (non-hydrogen) atoms. The zero-order chi connectivity index (χ0) is 18.4. The minimum Gasteiger partial charge on any atom is -0.493 e. The van der Waals surface area contributed by atoms with E-state index in [2.05, 4.69) is 9.97 Å². The van der Waals surface area contributed by atoms with Crippen molar-refractivity contribution in [2.45, 2.75) is 33.6 Å². The normalized spacial score (nSPS) is 10.4. The van der Waals surface area contributed by atoms with Crippen LogP contribution in [0.1, 0.15) is 32.8 Å². The Morgan fingerprint density at radius 3 is 2.56 bits per heavy atom. The number of halogens is 1. The first-order valence-electron chi connectivity index (χ1n) is 8.06. The molecule has 0 spiro atoms. The smallest absolute Gasteiger partial charge is 0.309 e. The van der Waals surface area contributed by atoms with Crippen LogP contribution in [0.4, 0.5) is 0 Å². The number of carbonyl (C=O) groups is 1. The number of aromatic nitrogens is 2. The number of ether oxygens (including phenoxy) is 3. The van der Waals surface area contributed by atoms with Crippen LogP contribution in [0.3, 0.4) is 0 Å². The first-order valence-corrected chi connectivity index (χ1v) is 8.43. The lowest BCUT2D eigenvalue weighted by atomic mass is 10.1. The monoisotopic (exact) mass is 364 g/mol. The Hall–Kier alpha value is -2.34. The van der Waals surface area contributed by atoms with Gasteiger partial charge in [-0.2, -0.15) is 4.98 Å². The number of benzene rings is 1. The number of hydrogen-bond donors (Lipinski definition) is 0. The number of methoxy groups -OCH3 is 1. The molecule has 2 rings (SSSR count). The second kappa shape index (κ2) is 8.67. The van der Waals surface area contributed by atoms with Crippen LogP contribution < -0.4 is 14.2 Å². The molecule has 0 atom stereocenters. The van der Waals surface area contributed by atoms with Crippen LogP contribution in [0, 0.1) is 0 Å². The Kier molecular flexibility index (Phi) is 6.58. The lowest BCUT2D eigenvalue weighted by molar-refractivity contribution is -0.132. The number of nitrogens with zero attached hydrogens (tertiary/aromatic N) is 2. The van der Waals surface area contributed by atoms with Crippen molar-refractivity contribution in [2.24, 2.45) is 0 Å². The molecule has 0 aliphatic carbocycles. The summed E-state index contributed by atoms with van der Waals surface area (Å²) >= 11 is 6.25. The van der Waals surface area contributed by atoms with E-state index in [9.17, 15) is 4.79 Å². The molecule has 0 amide bonds. The Bertz CT molecular complexity index is 765. The molecule has 0 saturated carbocycles. The lowest BCUT2D eigenvalue weighted by Gasteiger charge is -2.13. The summed E-state index contributed by atoms with van der Waals surface area (Å²) in [4.78, 5) is 20.0. The Balaban J connectivity index is 2.50. The molecule has 0 bridgehead atoms. The van der Waals surface area contributed by atoms with Crippen molar-refractivity contribution in [1.82, 2.24) is 9.97 Å². The number of esters is 1. The van der Waals surface area contributed by atoms with Crippen LogP contribution >= 0.6 is 11.6 Å². The average molecular weight is 365 g/mol. The topological polar surface area (TPSA) is 70.5 Å². The first-order chi connectivity index (χ1) is 12.0. The van der Waals surface area contributed by atoms with Crippen LogP contribution in [0.5, 0.6) is 17.4 Å². The van der Waals surface area contributed by atoms with Crippen molar-refractivity contribution >= 4 is 17.6 Å². The van der Waals surface area contributed by atoms with E-state index in [1.54, 1.807) is 25.3 Å². The highest BCUT2D eigenvalue weighted by Crippen LogP contribution is 2.34. The van der Waals surface area contributed by atoms with Crippen molar-refractivity contribution in [3.05, 3.63) is 28.9 Å². The molecule has 0 unspecified atom stereocenters. The summed E-state index contributed by atoms with van der Waals surface area (Å²) in [6, 6.07) is 5.35. The van der Waals surface area contributed by atoms with Crippen molar-refractivity contribution in [1.29, 1.82) is 0 Å². The molecule has 0 aliphatic rings. The summed E-state index contributed by atoms with van der Waals surface area (Å²) in [6.45, 7) is 5.80. The van der Waals surface area contributed by atoms with Crippen molar-refractivity contribution in [3.8, 4) is 28.8 Å². The molecule has 0 aliphatic heterocycles. The molecular formula is C18H21ClN2O4. The number of hydrogen-bond acceptors (Lipinski definition) is 6. The number of rotatable bonds is 7. The Morgan fingerprint density at radius 2 is 1.96 bits per heavy atom. The van der Waals surface area contributed by atoms with Gasteiger partial charge in [0.05, 0.1) is 19.3 Å². The van der Waals surface area contributed by atoms with Gasteiger partial charge in [0.15, 0.2) is 17.3 Å². The highest BCUT2D eigenvalue weighted by molar-refractivity contribution is 6.30. The molecule has 2 aromatic rings.